The van der Waals surface area contributed by atoms with E-state index in [4.69, 9.17) is 4.74 Å². The Morgan fingerprint density at radius 2 is 1.79 bits per heavy atom. The molecule has 3 amide bonds. The fraction of sp³-hybridized carbons (Fsp3) is 0.286. The lowest BCUT2D eigenvalue weighted by molar-refractivity contribution is -0.121. The van der Waals surface area contributed by atoms with Gasteiger partial charge >= 0.3 is 0 Å². The molecule has 2 aromatic rings. The van der Waals surface area contributed by atoms with Crippen LogP contribution in [0.4, 0.5) is 17.1 Å². The van der Waals surface area contributed by atoms with Crippen molar-refractivity contribution in [3.63, 3.8) is 0 Å². The van der Waals surface area contributed by atoms with E-state index in [0.717, 1.165) is 6.42 Å². The molecule has 0 saturated carbocycles. The highest BCUT2D eigenvalue weighted by molar-refractivity contribution is 6.23. The van der Waals surface area contributed by atoms with Gasteiger partial charge in [-0.05, 0) is 42.8 Å². The molecular formula is C21H23N3O4. The minimum atomic E-state index is -0.654. The second-order valence-electron chi connectivity index (χ2n) is 6.54. The van der Waals surface area contributed by atoms with Crippen LogP contribution < -0.4 is 20.3 Å². The molecule has 1 aliphatic rings. The summed E-state index contributed by atoms with van der Waals surface area (Å²) in [6, 6.07) is 13.4. The van der Waals surface area contributed by atoms with Crippen LogP contribution in [0.2, 0.25) is 0 Å². The molecule has 7 nitrogen and oxygen atoms in total. The molecule has 7 heteroatoms. The normalized spacial score (nSPS) is 16.2. The molecular weight excluding hydrogens is 358 g/mol. The standard InChI is InChI=1S/C21H23N3O4/c1-3-12-28-19-7-5-4-6-18(19)24-20(26)13-17(21(24)27)23-16-10-8-15(9-11-16)22-14(2)25/h4-11,17,23H,3,12-13H2,1-2H3,(H,22,25)/t17-/m0/s1. The van der Waals surface area contributed by atoms with Crippen LogP contribution in [-0.2, 0) is 14.4 Å². The molecule has 0 spiro atoms. The van der Waals surface area contributed by atoms with Crippen LogP contribution in [0.1, 0.15) is 26.7 Å². The van der Waals surface area contributed by atoms with Crippen LogP contribution in [0.25, 0.3) is 0 Å². The lowest BCUT2D eigenvalue weighted by Gasteiger charge is -2.19. The van der Waals surface area contributed by atoms with Crippen molar-refractivity contribution in [2.45, 2.75) is 32.7 Å². The number of hydrogen-bond donors (Lipinski definition) is 2. The molecule has 1 aliphatic heterocycles. The first-order valence-electron chi connectivity index (χ1n) is 9.22. The minimum Gasteiger partial charge on any atom is -0.491 e. The summed E-state index contributed by atoms with van der Waals surface area (Å²) in [6.45, 7) is 3.94. The third-order valence-corrected chi connectivity index (χ3v) is 4.26. The maximum absolute atomic E-state index is 12.9. The van der Waals surface area contributed by atoms with Gasteiger partial charge in [-0.15, -0.1) is 0 Å². The number of para-hydroxylation sites is 2. The molecule has 2 aromatic carbocycles. The summed E-state index contributed by atoms with van der Waals surface area (Å²) in [5.74, 6) is -0.225. The SMILES string of the molecule is CCCOc1ccccc1N1C(=O)C[C@H](Nc2ccc(NC(C)=O)cc2)C1=O. The Balaban J connectivity index is 1.74. The zero-order valence-corrected chi connectivity index (χ0v) is 15.9. The number of ether oxygens (including phenoxy) is 1. The van der Waals surface area contributed by atoms with Gasteiger partial charge in [0, 0.05) is 18.3 Å². The number of carbonyl (C=O) groups excluding carboxylic acids is 3. The number of anilines is 3. The second kappa shape index (κ2) is 8.56. The van der Waals surface area contributed by atoms with E-state index in [-0.39, 0.29) is 24.1 Å². The number of amides is 3. The predicted octanol–water partition coefficient (Wildman–Crippen LogP) is 3.18. The summed E-state index contributed by atoms with van der Waals surface area (Å²) < 4.78 is 5.69. The van der Waals surface area contributed by atoms with Gasteiger partial charge in [-0.1, -0.05) is 19.1 Å². The van der Waals surface area contributed by atoms with Crippen LogP contribution in [0.3, 0.4) is 0 Å². The van der Waals surface area contributed by atoms with Gasteiger partial charge in [0.1, 0.15) is 11.8 Å². The average Bonchev–Trinajstić information content (AvgIpc) is 2.94. The van der Waals surface area contributed by atoms with Crippen molar-refractivity contribution < 1.29 is 19.1 Å². The first kappa shape index (κ1) is 19.4. The molecule has 1 saturated heterocycles. The van der Waals surface area contributed by atoms with Crippen LogP contribution in [0.5, 0.6) is 5.75 Å². The van der Waals surface area contributed by atoms with Crippen molar-refractivity contribution in [1.29, 1.82) is 0 Å². The van der Waals surface area contributed by atoms with E-state index in [0.29, 0.717) is 29.4 Å². The van der Waals surface area contributed by atoms with Crippen molar-refractivity contribution in [3.8, 4) is 5.75 Å². The number of nitrogens with one attached hydrogen (secondary N) is 2. The second-order valence-corrected chi connectivity index (χ2v) is 6.54. The highest BCUT2D eigenvalue weighted by Gasteiger charge is 2.40. The van der Waals surface area contributed by atoms with E-state index < -0.39 is 6.04 Å². The van der Waals surface area contributed by atoms with Gasteiger partial charge in [-0.3, -0.25) is 14.4 Å². The third-order valence-electron chi connectivity index (χ3n) is 4.26. The van der Waals surface area contributed by atoms with E-state index in [9.17, 15) is 14.4 Å². The Morgan fingerprint density at radius 1 is 1.11 bits per heavy atom. The lowest BCUT2D eigenvalue weighted by Crippen LogP contribution is -2.35. The number of benzene rings is 2. The lowest BCUT2D eigenvalue weighted by atomic mass is 10.2. The Kier molecular flexibility index (Phi) is 5.93. The van der Waals surface area contributed by atoms with Crippen LogP contribution >= 0.6 is 0 Å². The Morgan fingerprint density at radius 3 is 2.46 bits per heavy atom. The summed E-state index contributed by atoms with van der Waals surface area (Å²) in [4.78, 5) is 37.7. The fourth-order valence-electron chi connectivity index (χ4n) is 3.03. The maximum Gasteiger partial charge on any atom is 0.256 e. The molecule has 0 bridgehead atoms. The Hall–Kier alpha value is -3.35. The Labute approximate surface area is 163 Å². The van der Waals surface area contributed by atoms with Gasteiger partial charge < -0.3 is 15.4 Å². The smallest absolute Gasteiger partial charge is 0.256 e. The third kappa shape index (κ3) is 4.31. The zero-order valence-electron chi connectivity index (χ0n) is 15.9. The van der Waals surface area contributed by atoms with E-state index in [1.165, 1.54) is 11.8 Å². The van der Waals surface area contributed by atoms with E-state index in [1.807, 2.05) is 13.0 Å². The van der Waals surface area contributed by atoms with Crippen LogP contribution in [0, 0.1) is 0 Å². The molecule has 28 heavy (non-hydrogen) atoms. The fourth-order valence-corrected chi connectivity index (χ4v) is 3.03. The Bertz CT molecular complexity index is 879. The maximum atomic E-state index is 12.9. The molecule has 1 atom stereocenters. The van der Waals surface area contributed by atoms with Gasteiger partial charge in [-0.2, -0.15) is 0 Å². The van der Waals surface area contributed by atoms with Gasteiger partial charge in [0.25, 0.3) is 5.91 Å². The number of carbonyl (C=O) groups is 3. The summed E-state index contributed by atoms with van der Waals surface area (Å²) in [6.07, 6.45) is 0.892. The topological polar surface area (TPSA) is 87.7 Å². The van der Waals surface area contributed by atoms with Crippen molar-refractivity contribution in [1.82, 2.24) is 0 Å². The van der Waals surface area contributed by atoms with Gasteiger partial charge in [0.15, 0.2) is 0 Å². The summed E-state index contributed by atoms with van der Waals surface area (Å²) in [5, 5.41) is 5.78. The molecule has 1 fully saturated rings. The van der Waals surface area contributed by atoms with Crippen molar-refractivity contribution in [3.05, 3.63) is 48.5 Å². The van der Waals surface area contributed by atoms with E-state index in [2.05, 4.69) is 10.6 Å². The number of nitrogens with zero attached hydrogens (tertiary/aromatic N) is 1. The number of rotatable bonds is 7. The molecule has 3 rings (SSSR count). The first-order valence-corrected chi connectivity index (χ1v) is 9.22. The quantitative estimate of drug-likeness (QED) is 0.719. The zero-order chi connectivity index (χ0) is 20.1. The highest BCUT2D eigenvalue weighted by Crippen LogP contribution is 2.33. The molecule has 2 N–H and O–H groups in total. The number of imide groups is 1. The molecule has 0 unspecified atom stereocenters. The first-order chi connectivity index (χ1) is 13.5. The van der Waals surface area contributed by atoms with Gasteiger partial charge in [-0.25, -0.2) is 4.90 Å². The van der Waals surface area contributed by atoms with Crippen molar-refractivity contribution >= 4 is 34.8 Å². The average molecular weight is 381 g/mol. The van der Waals surface area contributed by atoms with E-state index in [1.54, 1.807) is 42.5 Å². The van der Waals surface area contributed by atoms with E-state index >= 15 is 0 Å². The van der Waals surface area contributed by atoms with Gasteiger partial charge in [0.05, 0.1) is 18.7 Å². The van der Waals surface area contributed by atoms with Crippen molar-refractivity contribution in [2.75, 3.05) is 22.1 Å². The van der Waals surface area contributed by atoms with Crippen LogP contribution in [-0.4, -0.2) is 30.4 Å². The summed E-state index contributed by atoms with van der Waals surface area (Å²) in [5.41, 5.74) is 1.82. The highest BCUT2D eigenvalue weighted by atomic mass is 16.5. The molecule has 1 heterocycles. The van der Waals surface area contributed by atoms with Gasteiger partial charge in [0.2, 0.25) is 11.8 Å². The largest absolute Gasteiger partial charge is 0.491 e. The van der Waals surface area contributed by atoms with Crippen LogP contribution in [0.15, 0.2) is 48.5 Å². The number of hydrogen-bond acceptors (Lipinski definition) is 5. The van der Waals surface area contributed by atoms with Crippen molar-refractivity contribution in [2.24, 2.45) is 0 Å². The summed E-state index contributed by atoms with van der Waals surface area (Å²) in [7, 11) is 0. The monoisotopic (exact) mass is 381 g/mol. The molecule has 0 aliphatic carbocycles. The predicted molar refractivity (Wildman–Crippen MR) is 107 cm³/mol. The minimum absolute atomic E-state index is 0.0639. The molecule has 146 valence electrons. The molecule has 0 radical (unpaired) electrons. The molecule has 0 aromatic heterocycles. The summed E-state index contributed by atoms with van der Waals surface area (Å²) >= 11 is 0.